The van der Waals surface area contributed by atoms with Crippen molar-refractivity contribution in [2.75, 3.05) is 26.0 Å². The number of aryl methyl sites for hydroxylation is 1. The third-order valence-corrected chi connectivity index (χ3v) is 6.40. The second kappa shape index (κ2) is 11.7. The van der Waals surface area contributed by atoms with E-state index in [2.05, 4.69) is 25.4 Å². The van der Waals surface area contributed by atoms with Crippen LogP contribution in [0.3, 0.4) is 0 Å². The van der Waals surface area contributed by atoms with Crippen LogP contribution < -0.4 is 20.5 Å². The Labute approximate surface area is 238 Å². The molecule has 0 aliphatic rings. The van der Waals surface area contributed by atoms with Crippen molar-refractivity contribution in [1.29, 1.82) is 0 Å². The van der Waals surface area contributed by atoms with Crippen LogP contribution in [0.4, 0.5) is 19.0 Å². The maximum Gasteiger partial charge on any atom is 0.419 e. The molecule has 0 radical (unpaired) electrons. The summed E-state index contributed by atoms with van der Waals surface area (Å²) in [5.74, 6) is 0.163. The lowest BCUT2D eigenvalue weighted by atomic mass is 10.1. The highest BCUT2D eigenvalue weighted by atomic mass is 19.4. The number of nitrogens with zero attached hydrogens (tertiary/aromatic N) is 5. The van der Waals surface area contributed by atoms with Gasteiger partial charge in [-0.2, -0.15) is 18.3 Å². The smallest absolute Gasteiger partial charge is 0.419 e. The summed E-state index contributed by atoms with van der Waals surface area (Å²) in [4.78, 5) is 24.3. The summed E-state index contributed by atoms with van der Waals surface area (Å²) >= 11 is 0. The Balaban J connectivity index is 1.33. The van der Waals surface area contributed by atoms with Crippen molar-refractivity contribution >= 4 is 17.4 Å². The Hall–Kier alpha value is -5.20. The average Bonchev–Trinajstić information content (AvgIpc) is 3.31. The third-order valence-electron chi connectivity index (χ3n) is 6.40. The van der Waals surface area contributed by atoms with Crippen molar-refractivity contribution in [3.63, 3.8) is 0 Å². The van der Waals surface area contributed by atoms with Crippen LogP contribution in [0, 0.1) is 6.92 Å². The van der Waals surface area contributed by atoms with E-state index in [4.69, 9.17) is 15.2 Å². The van der Waals surface area contributed by atoms with Crippen LogP contribution in [0.2, 0.25) is 0 Å². The highest BCUT2D eigenvalue weighted by Gasteiger charge is 2.34. The number of rotatable bonds is 9. The summed E-state index contributed by atoms with van der Waals surface area (Å²) < 4.78 is 53.3. The van der Waals surface area contributed by atoms with Gasteiger partial charge in [-0.15, -0.1) is 0 Å². The number of alkyl halides is 3. The van der Waals surface area contributed by atoms with E-state index in [-0.39, 0.29) is 11.5 Å². The minimum Gasteiger partial charge on any atom is -0.493 e. The van der Waals surface area contributed by atoms with E-state index in [1.165, 1.54) is 24.0 Å². The summed E-state index contributed by atoms with van der Waals surface area (Å²) in [5.41, 5.74) is 7.66. The molecule has 0 atom stereocenters. The largest absolute Gasteiger partial charge is 0.493 e. The summed E-state index contributed by atoms with van der Waals surface area (Å²) in [6, 6.07) is 13.1. The Bertz CT molecular complexity index is 1740. The van der Waals surface area contributed by atoms with Gasteiger partial charge in [-0.05, 0) is 61.9 Å². The number of anilines is 1. The van der Waals surface area contributed by atoms with Crippen molar-refractivity contribution in [1.82, 2.24) is 29.9 Å². The number of amides is 1. The Morgan fingerprint density at radius 2 is 1.90 bits per heavy atom. The number of carbonyl (C=O) groups excluding carboxylic acids is 1. The van der Waals surface area contributed by atoms with Gasteiger partial charge in [-0.1, -0.05) is 0 Å². The van der Waals surface area contributed by atoms with E-state index in [1.54, 1.807) is 55.6 Å². The first-order chi connectivity index (χ1) is 20.2. The van der Waals surface area contributed by atoms with Gasteiger partial charge in [-0.25, -0.2) is 14.5 Å². The zero-order chi connectivity index (χ0) is 29.9. The van der Waals surface area contributed by atoms with Gasteiger partial charge in [0.1, 0.15) is 5.82 Å². The lowest BCUT2D eigenvalue weighted by Crippen LogP contribution is -2.25. The van der Waals surface area contributed by atoms with Gasteiger partial charge in [0.15, 0.2) is 17.1 Å². The second-order valence-electron chi connectivity index (χ2n) is 9.25. The highest BCUT2D eigenvalue weighted by molar-refractivity contribution is 5.93. The first kappa shape index (κ1) is 28.3. The van der Waals surface area contributed by atoms with Crippen LogP contribution in [-0.4, -0.2) is 50.7 Å². The number of nitrogen functional groups attached to an aromatic ring is 1. The predicted octanol–water partition coefficient (Wildman–Crippen LogP) is 4.97. The fourth-order valence-electron chi connectivity index (χ4n) is 4.36. The summed E-state index contributed by atoms with van der Waals surface area (Å²) in [6.45, 7) is 2.44. The fraction of sp³-hybridized carbons (Fsp3) is 0.207. The molecule has 10 nitrogen and oxygen atoms in total. The van der Waals surface area contributed by atoms with Crippen LogP contribution in [0.5, 0.6) is 11.5 Å². The van der Waals surface area contributed by atoms with E-state index < -0.39 is 17.6 Å². The highest BCUT2D eigenvalue weighted by Crippen LogP contribution is 2.36. The number of pyridine rings is 2. The van der Waals surface area contributed by atoms with Crippen LogP contribution in [0.15, 0.2) is 67.1 Å². The zero-order valence-electron chi connectivity index (χ0n) is 22.6. The minimum atomic E-state index is -4.66. The molecule has 13 heteroatoms. The van der Waals surface area contributed by atoms with E-state index in [1.807, 2.05) is 0 Å². The maximum atomic E-state index is 13.5. The second-order valence-corrected chi connectivity index (χ2v) is 9.25. The van der Waals surface area contributed by atoms with Gasteiger partial charge in [-0.3, -0.25) is 9.78 Å². The molecule has 1 aromatic carbocycles. The number of carbonyl (C=O) groups is 1. The van der Waals surface area contributed by atoms with Crippen LogP contribution in [-0.2, 0) is 6.18 Å². The van der Waals surface area contributed by atoms with Crippen LogP contribution in [0.1, 0.15) is 28.0 Å². The van der Waals surface area contributed by atoms with Gasteiger partial charge in [0.2, 0.25) is 0 Å². The summed E-state index contributed by atoms with van der Waals surface area (Å²) in [6.07, 6.45) is 0.276. The predicted molar refractivity (Wildman–Crippen MR) is 149 cm³/mol. The van der Waals surface area contributed by atoms with Crippen molar-refractivity contribution < 1.29 is 27.4 Å². The first-order valence-electron chi connectivity index (χ1n) is 12.8. The number of imidazole rings is 1. The van der Waals surface area contributed by atoms with E-state index in [9.17, 15) is 18.0 Å². The molecule has 0 fully saturated rings. The number of nitrogens with two attached hydrogens (primary N) is 1. The molecule has 0 saturated carbocycles. The number of benzene rings is 1. The molecule has 0 spiro atoms. The first-order valence-corrected chi connectivity index (χ1v) is 12.8. The number of ether oxygens (including phenoxy) is 2. The number of aromatic nitrogens is 5. The van der Waals surface area contributed by atoms with Crippen molar-refractivity contribution in [3.8, 4) is 34.0 Å². The zero-order valence-corrected chi connectivity index (χ0v) is 22.6. The molecule has 4 heterocycles. The molecule has 216 valence electrons. The summed E-state index contributed by atoms with van der Waals surface area (Å²) in [7, 11) is 1.51. The molecule has 0 bridgehead atoms. The monoisotopic (exact) mass is 577 g/mol. The number of fused-ring (bicyclic) bond motifs is 1. The molecule has 4 aromatic heterocycles. The maximum absolute atomic E-state index is 13.5. The van der Waals surface area contributed by atoms with Crippen LogP contribution in [0.25, 0.3) is 28.2 Å². The minimum absolute atomic E-state index is 0.184. The summed E-state index contributed by atoms with van der Waals surface area (Å²) in [5, 5.41) is 7.48. The number of halogens is 3. The SMILES string of the molecule is COc1cc(-c2ccc3nc(C)c(-c4cnc(N)c(C(F)(F)F)c4)n3n2)ccc1OCCCNC(=O)c1cccnc1. The quantitative estimate of drug-likeness (QED) is 0.235. The van der Waals surface area contributed by atoms with Crippen molar-refractivity contribution in [2.45, 2.75) is 19.5 Å². The van der Waals surface area contributed by atoms with E-state index >= 15 is 0 Å². The Kier molecular flexibility index (Phi) is 7.91. The Morgan fingerprint density at radius 1 is 1.07 bits per heavy atom. The molecule has 0 aliphatic carbocycles. The lowest BCUT2D eigenvalue weighted by molar-refractivity contribution is -0.137. The Morgan fingerprint density at radius 3 is 2.64 bits per heavy atom. The normalized spacial score (nSPS) is 11.5. The molecule has 0 unspecified atom stereocenters. The van der Waals surface area contributed by atoms with Crippen molar-refractivity contribution in [3.05, 3.63) is 83.9 Å². The topological polar surface area (TPSA) is 130 Å². The average molecular weight is 578 g/mol. The number of methoxy groups -OCH3 is 1. The van der Waals surface area contributed by atoms with Gasteiger partial charge in [0.05, 0.1) is 41.9 Å². The molecular weight excluding hydrogens is 551 g/mol. The fourth-order valence-corrected chi connectivity index (χ4v) is 4.36. The molecule has 0 aliphatic heterocycles. The molecular formula is C29H26F3N7O3. The van der Waals surface area contributed by atoms with Gasteiger partial charge in [0, 0.05) is 36.3 Å². The molecule has 5 rings (SSSR count). The number of hydrogen-bond acceptors (Lipinski definition) is 8. The molecule has 1 amide bonds. The van der Waals surface area contributed by atoms with E-state index in [0.717, 1.165) is 6.07 Å². The standard InChI is InChI=1S/C29H26F3N7O3/c1-17-26(20-13-21(29(30,31)32)27(33)36-16-20)39-25(37-17)9-7-22(38-39)18-6-8-23(24(14-18)41-2)42-12-4-11-35-28(40)19-5-3-10-34-15-19/h3,5-10,13-16H,4,11-12H2,1-2H3,(H2,33,36)(H,35,40). The number of nitrogens with one attached hydrogen (secondary N) is 1. The molecule has 3 N–H and O–H groups in total. The van der Waals surface area contributed by atoms with Gasteiger partial charge in [0.25, 0.3) is 5.91 Å². The molecule has 42 heavy (non-hydrogen) atoms. The third kappa shape index (κ3) is 5.94. The van der Waals surface area contributed by atoms with Crippen molar-refractivity contribution in [2.24, 2.45) is 0 Å². The van der Waals surface area contributed by atoms with Crippen LogP contribution >= 0.6 is 0 Å². The molecule has 5 aromatic rings. The van der Waals surface area contributed by atoms with Gasteiger partial charge >= 0.3 is 6.18 Å². The van der Waals surface area contributed by atoms with E-state index in [0.29, 0.717) is 64.9 Å². The van der Waals surface area contributed by atoms with Gasteiger partial charge < -0.3 is 20.5 Å². The number of hydrogen-bond donors (Lipinski definition) is 2. The molecule has 0 saturated heterocycles. The lowest BCUT2D eigenvalue weighted by Gasteiger charge is -2.13.